The van der Waals surface area contributed by atoms with Crippen LogP contribution in [0.25, 0.3) is 17.0 Å². The number of hydrogen-bond acceptors (Lipinski definition) is 5. The van der Waals surface area contributed by atoms with Crippen molar-refractivity contribution in [3.8, 4) is 0 Å². The molecule has 1 N–H and O–H groups in total. The van der Waals surface area contributed by atoms with Crippen LogP contribution in [0.2, 0.25) is 0 Å². The molecule has 0 atom stereocenters. The molecule has 0 fully saturated rings. The molecule has 1 amide bonds. The van der Waals surface area contributed by atoms with Gasteiger partial charge in [-0.2, -0.15) is 5.10 Å². The summed E-state index contributed by atoms with van der Waals surface area (Å²) in [7, 11) is -1.88. The predicted octanol–water partition coefficient (Wildman–Crippen LogP) is 3.45. The zero-order valence-electron chi connectivity index (χ0n) is 16.1. The van der Waals surface area contributed by atoms with Gasteiger partial charge in [0.2, 0.25) is 15.7 Å². The van der Waals surface area contributed by atoms with Gasteiger partial charge in [-0.3, -0.25) is 14.5 Å². The second-order valence-corrected chi connectivity index (χ2v) is 8.58. The third kappa shape index (κ3) is 3.99. The standard InChI is InChI=1S/C22H18N4O3S/c1-26-21-10-9-20(13-17(21)15-24-26)30(28,29)19-7-5-18(6-8-19)25-22(27)11-4-16-3-2-12-23-14-16/h2-15H,1H3,(H,25,27). The van der Waals surface area contributed by atoms with Crippen LogP contribution in [0.15, 0.2) is 89.1 Å². The minimum atomic E-state index is -3.68. The quantitative estimate of drug-likeness (QED) is 0.501. The molecule has 0 unspecified atom stereocenters. The third-order valence-electron chi connectivity index (χ3n) is 4.57. The lowest BCUT2D eigenvalue weighted by Gasteiger charge is -2.07. The van der Waals surface area contributed by atoms with Gasteiger partial charge in [-0.25, -0.2) is 8.42 Å². The van der Waals surface area contributed by atoms with Crippen molar-refractivity contribution in [2.24, 2.45) is 7.05 Å². The maximum absolute atomic E-state index is 12.9. The Morgan fingerprint density at radius 1 is 1.03 bits per heavy atom. The first-order valence-corrected chi connectivity index (χ1v) is 10.6. The Morgan fingerprint density at radius 2 is 1.80 bits per heavy atom. The van der Waals surface area contributed by atoms with E-state index in [-0.39, 0.29) is 15.7 Å². The van der Waals surface area contributed by atoms with Crippen molar-refractivity contribution < 1.29 is 13.2 Å². The number of anilines is 1. The van der Waals surface area contributed by atoms with Gasteiger partial charge < -0.3 is 5.32 Å². The summed E-state index contributed by atoms with van der Waals surface area (Å²) in [6.45, 7) is 0. The molecule has 2 aromatic heterocycles. The van der Waals surface area contributed by atoms with Gasteiger partial charge in [-0.05, 0) is 60.2 Å². The Balaban J connectivity index is 1.50. The molecule has 4 rings (SSSR count). The van der Waals surface area contributed by atoms with Crippen molar-refractivity contribution in [3.63, 3.8) is 0 Å². The smallest absolute Gasteiger partial charge is 0.248 e. The normalized spacial score (nSPS) is 11.8. The summed E-state index contributed by atoms with van der Waals surface area (Å²) in [5.41, 5.74) is 2.16. The van der Waals surface area contributed by atoms with Crippen molar-refractivity contribution in [2.45, 2.75) is 9.79 Å². The van der Waals surface area contributed by atoms with E-state index in [0.717, 1.165) is 16.5 Å². The molecule has 30 heavy (non-hydrogen) atoms. The van der Waals surface area contributed by atoms with Gasteiger partial charge in [0.05, 0.1) is 21.5 Å². The third-order valence-corrected chi connectivity index (χ3v) is 6.34. The molecule has 8 heteroatoms. The van der Waals surface area contributed by atoms with Crippen molar-refractivity contribution >= 4 is 38.4 Å². The molecule has 2 heterocycles. The Bertz CT molecular complexity index is 1340. The van der Waals surface area contributed by atoms with Crippen molar-refractivity contribution in [1.82, 2.24) is 14.8 Å². The monoisotopic (exact) mass is 418 g/mol. The predicted molar refractivity (Wildman–Crippen MR) is 115 cm³/mol. The lowest BCUT2D eigenvalue weighted by Crippen LogP contribution is -2.08. The van der Waals surface area contributed by atoms with E-state index in [0.29, 0.717) is 5.69 Å². The number of aromatic nitrogens is 3. The average molecular weight is 418 g/mol. The van der Waals surface area contributed by atoms with Crippen LogP contribution in [0, 0.1) is 0 Å². The number of pyridine rings is 1. The Hall–Kier alpha value is -3.78. The number of nitrogens with zero attached hydrogens (tertiary/aromatic N) is 3. The van der Waals surface area contributed by atoms with Crippen LogP contribution in [0.4, 0.5) is 5.69 Å². The molecule has 0 saturated carbocycles. The van der Waals surface area contributed by atoms with Gasteiger partial charge >= 0.3 is 0 Å². The van der Waals surface area contributed by atoms with Crippen molar-refractivity contribution in [3.05, 3.63) is 84.8 Å². The molecular weight excluding hydrogens is 400 g/mol. The molecule has 2 aromatic carbocycles. The maximum atomic E-state index is 12.9. The lowest BCUT2D eigenvalue weighted by atomic mass is 10.2. The van der Waals surface area contributed by atoms with Crippen LogP contribution in [0.3, 0.4) is 0 Å². The number of benzene rings is 2. The second-order valence-electron chi connectivity index (χ2n) is 6.63. The molecule has 0 aliphatic rings. The fourth-order valence-corrected chi connectivity index (χ4v) is 4.29. The van der Waals surface area contributed by atoms with E-state index >= 15 is 0 Å². The topological polar surface area (TPSA) is 94.0 Å². The summed E-state index contributed by atoms with van der Waals surface area (Å²) in [6.07, 6.45) is 7.97. The van der Waals surface area contributed by atoms with Gasteiger partial charge in [0.25, 0.3) is 0 Å². The largest absolute Gasteiger partial charge is 0.323 e. The number of rotatable bonds is 5. The van der Waals surface area contributed by atoms with Crippen LogP contribution in [-0.4, -0.2) is 29.1 Å². The fraction of sp³-hybridized carbons (Fsp3) is 0.0455. The molecule has 0 spiro atoms. The van der Waals surface area contributed by atoms with Gasteiger partial charge in [0.15, 0.2) is 0 Å². The van der Waals surface area contributed by atoms with E-state index in [1.54, 1.807) is 72.8 Å². The zero-order valence-corrected chi connectivity index (χ0v) is 16.9. The van der Waals surface area contributed by atoms with E-state index in [9.17, 15) is 13.2 Å². The number of fused-ring (bicyclic) bond motifs is 1. The summed E-state index contributed by atoms with van der Waals surface area (Å²) in [5.74, 6) is -0.323. The van der Waals surface area contributed by atoms with Crippen LogP contribution >= 0.6 is 0 Å². The average Bonchev–Trinajstić information content (AvgIpc) is 3.14. The highest BCUT2D eigenvalue weighted by Crippen LogP contribution is 2.25. The number of nitrogens with one attached hydrogen (secondary N) is 1. The molecule has 4 aromatic rings. The first-order chi connectivity index (χ1) is 14.4. The minimum absolute atomic E-state index is 0.148. The number of sulfone groups is 1. The molecule has 150 valence electrons. The molecule has 0 aliphatic heterocycles. The Morgan fingerprint density at radius 3 is 2.53 bits per heavy atom. The molecule has 7 nitrogen and oxygen atoms in total. The summed E-state index contributed by atoms with van der Waals surface area (Å²) >= 11 is 0. The van der Waals surface area contributed by atoms with Crippen molar-refractivity contribution in [2.75, 3.05) is 5.32 Å². The highest BCUT2D eigenvalue weighted by molar-refractivity contribution is 7.91. The van der Waals surface area contributed by atoms with Gasteiger partial charge in [0, 0.05) is 36.6 Å². The van der Waals surface area contributed by atoms with Gasteiger partial charge in [-0.15, -0.1) is 0 Å². The number of aryl methyl sites for hydroxylation is 1. The summed E-state index contributed by atoms with van der Waals surface area (Å²) in [4.78, 5) is 16.4. The van der Waals surface area contributed by atoms with Gasteiger partial charge in [0.1, 0.15) is 0 Å². The van der Waals surface area contributed by atoms with Crippen LogP contribution in [-0.2, 0) is 21.7 Å². The lowest BCUT2D eigenvalue weighted by molar-refractivity contribution is -0.111. The first kappa shape index (κ1) is 19.5. The first-order valence-electron chi connectivity index (χ1n) is 9.09. The van der Waals surface area contributed by atoms with Crippen molar-refractivity contribution in [1.29, 1.82) is 0 Å². The van der Waals surface area contributed by atoms with Crippen LogP contribution < -0.4 is 5.32 Å². The van der Waals surface area contributed by atoms with Gasteiger partial charge in [-0.1, -0.05) is 6.07 Å². The summed E-state index contributed by atoms with van der Waals surface area (Å²) < 4.78 is 27.6. The Labute approximate surface area is 173 Å². The number of amides is 1. The van der Waals surface area contributed by atoms with E-state index in [4.69, 9.17) is 0 Å². The van der Waals surface area contributed by atoms with Crippen LogP contribution in [0.1, 0.15) is 5.56 Å². The maximum Gasteiger partial charge on any atom is 0.248 e. The zero-order chi connectivity index (χ0) is 21.1. The molecule has 0 aliphatic carbocycles. The molecule has 0 saturated heterocycles. The summed E-state index contributed by atoms with van der Waals surface area (Å²) in [5, 5.41) is 7.60. The number of carbonyl (C=O) groups is 1. The summed E-state index contributed by atoms with van der Waals surface area (Å²) in [6, 6.07) is 14.6. The molecular formula is C22H18N4O3S. The fourth-order valence-electron chi connectivity index (χ4n) is 2.99. The molecule has 0 bridgehead atoms. The number of carbonyl (C=O) groups excluding carboxylic acids is 1. The van der Waals surface area contributed by atoms with E-state index < -0.39 is 9.84 Å². The van der Waals surface area contributed by atoms with Crippen LogP contribution in [0.5, 0.6) is 0 Å². The molecule has 0 radical (unpaired) electrons. The SMILES string of the molecule is Cn1ncc2cc(S(=O)(=O)c3ccc(NC(=O)C=Cc4cccnc4)cc3)ccc21. The Kier molecular flexibility index (Phi) is 5.16. The minimum Gasteiger partial charge on any atom is -0.323 e. The highest BCUT2D eigenvalue weighted by Gasteiger charge is 2.18. The highest BCUT2D eigenvalue weighted by atomic mass is 32.2. The van der Waals surface area contributed by atoms with E-state index in [2.05, 4.69) is 15.4 Å². The van der Waals surface area contributed by atoms with E-state index in [1.807, 2.05) is 6.07 Å². The van der Waals surface area contributed by atoms with E-state index in [1.165, 1.54) is 18.2 Å². The second kappa shape index (κ2) is 7.92. The number of hydrogen-bond donors (Lipinski definition) is 1.